The topological polar surface area (TPSA) is 59.1 Å². The zero-order valence-corrected chi connectivity index (χ0v) is 18.6. The summed E-state index contributed by atoms with van der Waals surface area (Å²) in [5.74, 6) is 2.11. The number of nitrogens with zero attached hydrogens (tertiary/aromatic N) is 1. The smallest absolute Gasteiger partial charge is 0.236 e. The highest BCUT2D eigenvalue weighted by atomic mass is 35.7. The predicted molar refractivity (Wildman–Crippen MR) is 119 cm³/mol. The van der Waals surface area contributed by atoms with E-state index in [4.69, 9.17) is 10.7 Å². The number of halogens is 1. The molecule has 2 atom stereocenters. The molecule has 28 heavy (non-hydrogen) atoms. The first kappa shape index (κ1) is 22.7. The molecule has 0 fully saturated rings. The Bertz CT molecular complexity index is 855. The molecule has 0 amide bonds. The highest BCUT2D eigenvalue weighted by Crippen LogP contribution is 2.24. The highest BCUT2D eigenvalue weighted by molar-refractivity contribution is 8.13. The summed E-state index contributed by atoms with van der Waals surface area (Å²) in [6.45, 7) is 6.87. The van der Waals surface area contributed by atoms with Gasteiger partial charge in [0.15, 0.2) is 0 Å². The second-order valence-electron chi connectivity index (χ2n) is 7.62. The molecular formula is C22H31ClN2O2S. The number of benzene rings is 1. The number of pyridine rings is 1. The van der Waals surface area contributed by atoms with Crippen LogP contribution >= 0.6 is 10.7 Å². The van der Waals surface area contributed by atoms with Crippen LogP contribution in [0.5, 0.6) is 0 Å². The van der Waals surface area contributed by atoms with E-state index in [1.54, 1.807) is 12.1 Å². The lowest BCUT2D eigenvalue weighted by Crippen LogP contribution is -2.07. The van der Waals surface area contributed by atoms with Crippen LogP contribution in [0, 0.1) is 11.8 Å². The van der Waals surface area contributed by atoms with Gasteiger partial charge < -0.3 is 5.32 Å². The van der Waals surface area contributed by atoms with Gasteiger partial charge in [0.2, 0.25) is 9.05 Å². The maximum Gasteiger partial charge on any atom is 0.236 e. The van der Waals surface area contributed by atoms with Gasteiger partial charge in [-0.2, -0.15) is 0 Å². The van der Waals surface area contributed by atoms with E-state index in [0.717, 1.165) is 29.8 Å². The number of aryl methyl sites for hydroxylation is 1. The minimum atomic E-state index is -3.57. The van der Waals surface area contributed by atoms with Gasteiger partial charge in [0, 0.05) is 22.6 Å². The van der Waals surface area contributed by atoms with E-state index in [2.05, 4.69) is 43.2 Å². The first-order chi connectivity index (χ1) is 13.3. The summed E-state index contributed by atoms with van der Waals surface area (Å²) in [6.07, 6.45) is 7.80. The van der Waals surface area contributed by atoms with Crippen LogP contribution in [0.15, 0.2) is 42.6 Å². The van der Waals surface area contributed by atoms with Gasteiger partial charge in [0.1, 0.15) is 5.82 Å². The molecule has 2 unspecified atom stereocenters. The minimum Gasteiger partial charge on any atom is -0.340 e. The Labute approximate surface area is 174 Å². The first-order valence-electron chi connectivity index (χ1n) is 10.0. The van der Waals surface area contributed by atoms with Gasteiger partial charge in [-0.25, -0.2) is 13.4 Å². The molecule has 1 aromatic carbocycles. The van der Waals surface area contributed by atoms with Crippen LogP contribution in [0.1, 0.15) is 57.6 Å². The summed E-state index contributed by atoms with van der Waals surface area (Å²) in [5.41, 5.74) is 2.71. The summed E-state index contributed by atoms with van der Waals surface area (Å²) >= 11 is 0. The Balaban J connectivity index is 2.00. The highest BCUT2D eigenvalue weighted by Gasteiger charge is 2.11. The normalized spacial score (nSPS) is 13.9. The number of hydrogen-bond acceptors (Lipinski definition) is 4. The lowest BCUT2D eigenvalue weighted by atomic mass is 9.88. The van der Waals surface area contributed by atoms with Gasteiger partial charge >= 0.3 is 0 Å². The van der Waals surface area contributed by atoms with Gasteiger partial charge in [0.05, 0.1) is 5.75 Å². The van der Waals surface area contributed by atoms with Gasteiger partial charge in [0.25, 0.3) is 0 Å². The zero-order valence-electron chi connectivity index (χ0n) is 17.0. The molecule has 0 saturated carbocycles. The Hall–Kier alpha value is -1.59. The fourth-order valence-corrected chi connectivity index (χ4v) is 4.33. The largest absolute Gasteiger partial charge is 0.340 e. The molecular weight excluding hydrogens is 392 g/mol. The van der Waals surface area contributed by atoms with Crippen LogP contribution in [0.2, 0.25) is 0 Å². The molecule has 4 nitrogen and oxygen atoms in total. The fraction of sp³-hybridized carbons (Fsp3) is 0.500. The van der Waals surface area contributed by atoms with Gasteiger partial charge in [-0.05, 0) is 66.5 Å². The lowest BCUT2D eigenvalue weighted by molar-refractivity contribution is 0.354. The van der Waals surface area contributed by atoms with E-state index in [1.807, 2.05) is 18.3 Å². The Kier molecular flexibility index (Phi) is 8.77. The molecule has 1 N–H and O–H groups in total. The van der Waals surface area contributed by atoms with Crippen molar-refractivity contribution in [2.45, 2.75) is 58.6 Å². The predicted octanol–water partition coefficient (Wildman–Crippen LogP) is 6.29. The average molecular weight is 423 g/mol. The molecule has 0 saturated heterocycles. The molecule has 0 aliphatic rings. The van der Waals surface area contributed by atoms with Gasteiger partial charge in [-0.3, -0.25) is 0 Å². The van der Waals surface area contributed by atoms with E-state index in [0.29, 0.717) is 5.56 Å². The second kappa shape index (κ2) is 10.8. The van der Waals surface area contributed by atoms with Crippen molar-refractivity contribution in [1.82, 2.24) is 4.98 Å². The van der Waals surface area contributed by atoms with Crippen LogP contribution < -0.4 is 5.32 Å². The third kappa shape index (κ3) is 8.19. The Morgan fingerprint density at radius 1 is 1.11 bits per heavy atom. The van der Waals surface area contributed by atoms with Crippen LogP contribution in [0.3, 0.4) is 0 Å². The standard InChI is InChI=1S/C22H31ClN2O2S/c1-4-17(3)13-18(5-2)9-10-19-11-12-24-22(15-19)25-21-8-6-7-20(14-21)16-28(23,26)27/h6-8,11-12,14-15,17-18H,4-5,9-10,13,16H2,1-3H3,(H,24,25). The van der Waals surface area contributed by atoms with E-state index < -0.39 is 9.05 Å². The van der Waals surface area contributed by atoms with Gasteiger partial charge in [-0.15, -0.1) is 0 Å². The molecule has 0 aliphatic heterocycles. The third-order valence-electron chi connectivity index (χ3n) is 5.21. The number of aromatic nitrogens is 1. The van der Waals surface area contributed by atoms with Crippen LogP contribution in [0.4, 0.5) is 11.5 Å². The third-order valence-corrected chi connectivity index (χ3v) is 6.22. The molecule has 0 spiro atoms. The van der Waals surface area contributed by atoms with Crippen molar-refractivity contribution in [2.75, 3.05) is 5.32 Å². The van der Waals surface area contributed by atoms with Crippen LogP contribution in [0.25, 0.3) is 0 Å². The van der Waals surface area contributed by atoms with Crippen molar-refractivity contribution in [3.8, 4) is 0 Å². The number of rotatable bonds is 11. The van der Waals surface area contributed by atoms with Crippen LogP contribution in [-0.2, 0) is 21.2 Å². The average Bonchev–Trinajstić information content (AvgIpc) is 2.64. The molecule has 0 bridgehead atoms. The van der Waals surface area contributed by atoms with Crippen molar-refractivity contribution in [3.63, 3.8) is 0 Å². The lowest BCUT2D eigenvalue weighted by Gasteiger charge is -2.18. The molecule has 1 aromatic heterocycles. The molecule has 154 valence electrons. The molecule has 0 aliphatic carbocycles. The fourth-order valence-electron chi connectivity index (χ4n) is 3.38. The first-order valence-corrected chi connectivity index (χ1v) is 12.5. The number of anilines is 2. The maximum atomic E-state index is 11.3. The molecule has 1 heterocycles. The molecule has 2 aromatic rings. The SMILES string of the molecule is CCC(C)CC(CC)CCc1ccnc(Nc2cccc(CS(=O)(=O)Cl)c2)c1. The van der Waals surface area contributed by atoms with Crippen LogP contribution in [-0.4, -0.2) is 13.4 Å². The maximum absolute atomic E-state index is 11.3. The quantitative estimate of drug-likeness (QED) is 0.432. The van der Waals surface area contributed by atoms with Crippen molar-refractivity contribution in [1.29, 1.82) is 0 Å². The summed E-state index contributed by atoms with van der Waals surface area (Å²) in [7, 11) is 1.78. The number of hydrogen-bond donors (Lipinski definition) is 1. The Morgan fingerprint density at radius 3 is 2.57 bits per heavy atom. The molecule has 6 heteroatoms. The van der Waals surface area contributed by atoms with E-state index in [-0.39, 0.29) is 5.75 Å². The monoisotopic (exact) mass is 422 g/mol. The minimum absolute atomic E-state index is 0.188. The van der Waals surface area contributed by atoms with Crippen molar-refractivity contribution in [2.24, 2.45) is 11.8 Å². The second-order valence-corrected chi connectivity index (χ2v) is 10.4. The molecule has 0 radical (unpaired) electrons. The summed E-state index contributed by atoms with van der Waals surface area (Å²) < 4.78 is 22.6. The van der Waals surface area contributed by atoms with E-state index >= 15 is 0 Å². The van der Waals surface area contributed by atoms with Crippen molar-refractivity contribution < 1.29 is 8.42 Å². The Morgan fingerprint density at radius 2 is 1.89 bits per heavy atom. The van der Waals surface area contributed by atoms with E-state index in [1.165, 1.54) is 31.2 Å². The van der Waals surface area contributed by atoms with Crippen molar-refractivity contribution >= 4 is 31.2 Å². The van der Waals surface area contributed by atoms with E-state index in [9.17, 15) is 8.42 Å². The van der Waals surface area contributed by atoms with Crippen molar-refractivity contribution in [3.05, 3.63) is 53.7 Å². The van der Waals surface area contributed by atoms with Gasteiger partial charge in [-0.1, -0.05) is 45.7 Å². The summed E-state index contributed by atoms with van der Waals surface area (Å²) in [4.78, 5) is 4.39. The summed E-state index contributed by atoms with van der Waals surface area (Å²) in [6, 6.07) is 11.4. The zero-order chi connectivity index (χ0) is 20.6. The summed E-state index contributed by atoms with van der Waals surface area (Å²) in [5, 5.41) is 3.26. The number of nitrogens with one attached hydrogen (secondary N) is 1. The molecule has 2 rings (SSSR count).